The SMILES string of the molecule is CCCCCc1sc(N)c(C(=O)N(C)C)c1C. The number of nitrogens with zero attached hydrogens (tertiary/aromatic N) is 1. The number of nitrogen functional groups attached to an aromatic ring is 1. The van der Waals surface area contributed by atoms with E-state index in [0.717, 1.165) is 12.0 Å². The van der Waals surface area contributed by atoms with Crippen molar-refractivity contribution in [2.24, 2.45) is 0 Å². The Hall–Kier alpha value is -1.03. The van der Waals surface area contributed by atoms with Gasteiger partial charge in [0.05, 0.1) is 10.6 Å². The van der Waals surface area contributed by atoms with E-state index in [1.807, 2.05) is 6.92 Å². The van der Waals surface area contributed by atoms with Crippen molar-refractivity contribution in [2.75, 3.05) is 19.8 Å². The van der Waals surface area contributed by atoms with Gasteiger partial charge in [-0.05, 0) is 25.3 Å². The molecule has 0 unspecified atom stereocenters. The van der Waals surface area contributed by atoms with Gasteiger partial charge >= 0.3 is 0 Å². The fourth-order valence-corrected chi connectivity index (χ4v) is 2.96. The molecule has 0 aromatic carbocycles. The van der Waals surface area contributed by atoms with Crippen molar-refractivity contribution >= 4 is 22.2 Å². The number of hydrogen-bond donors (Lipinski definition) is 1. The minimum absolute atomic E-state index is 0.0120. The molecule has 0 spiro atoms. The van der Waals surface area contributed by atoms with Crippen LogP contribution in [0.2, 0.25) is 0 Å². The molecule has 1 heterocycles. The van der Waals surface area contributed by atoms with Gasteiger partial charge in [0, 0.05) is 19.0 Å². The number of carbonyl (C=O) groups is 1. The lowest BCUT2D eigenvalue weighted by molar-refractivity contribution is 0.0828. The number of amides is 1. The zero-order valence-corrected chi connectivity index (χ0v) is 12.0. The Morgan fingerprint density at radius 1 is 1.35 bits per heavy atom. The van der Waals surface area contributed by atoms with Crippen LogP contribution in [-0.2, 0) is 6.42 Å². The van der Waals surface area contributed by atoms with E-state index in [1.54, 1.807) is 30.3 Å². The summed E-state index contributed by atoms with van der Waals surface area (Å²) in [5.41, 5.74) is 7.73. The number of unbranched alkanes of at least 4 members (excludes halogenated alkanes) is 2. The minimum atomic E-state index is 0.0120. The maximum atomic E-state index is 12.0. The van der Waals surface area contributed by atoms with E-state index in [9.17, 15) is 4.79 Å². The Balaban J connectivity index is 2.90. The van der Waals surface area contributed by atoms with Crippen LogP contribution in [0.25, 0.3) is 0 Å². The van der Waals surface area contributed by atoms with E-state index >= 15 is 0 Å². The van der Waals surface area contributed by atoms with Gasteiger partial charge in [0.1, 0.15) is 0 Å². The molecule has 0 bridgehead atoms. The fraction of sp³-hybridized carbons (Fsp3) is 0.615. The van der Waals surface area contributed by atoms with Crippen molar-refractivity contribution in [3.63, 3.8) is 0 Å². The average molecular weight is 254 g/mol. The molecule has 1 amide bonds. The van der Waals surface area contributed by atoms with E-state index in [2.05, 4.69) is 6.92 Å². The van der Waals surface area contributed by atoms with Crippen molar-refractivity contribution in [3.8, 4) is 0 Å². The van der Waals surface area contributed by atoms with Gasteiger partial charge in [-0.1, -0.05) is 19.8 Å². The molecule has 0 saturated carbocycles. The minimum Gasteiger partial charge on any atom is -0.390 e. The lowest BCUT2D eigenvalue weighted by Crippen LogP contribution is -2.22. The average Bonchev–Trinajstić information content (AvgIpc) is 2.54. The van der Waals surface area contributed by atoms with Crippen LogP contribution in [-0.4, -0.2) is 24.9 Å². The van der Waals surface area contributed by atoms with E-state index in [1.165, 1.54) is 24.1 Å². The first-order valence-electron chi connectivity index (χ1n) is 6.08. The zero-order chi connectivity index (χ0) is 13.0. The number of thiophene rings is 1. The Labute approximate surface area is 108 Å². The Morgan fingerprint density at radius 2 is 2.00 bits per heavy atom. The van der Waals surface area contributed by atoms with Crippen LogP contribution in [0.15, 0.2) is 0 Å². The highest BCUT2D eigenvalue weighted by Crippen LogP contribution is 2.32. The van der Waals surface area contributed by atoms with Crippen LogP contribution >= 0.6 is 11.3 Å². The summed E-state index contributed by atoms with van der Waals surface area (Å²) in [5, 5.41) is 0.660. The highest BCUT2D eigenvalue weighted by atomic mass is 32.1. The summed E-state index contributed by atoms with van der Waals surface area (Å²) in [6.45, 7) is 4.20. The van der Waals surface area contributed by atoms with Gasteiger partial charge in [-0.2, -0.15) is 0 Å². The van der Waals surface area contributed by atoms with Crippen molar-refractivity contribution in [1.29, 1.82) is 0 Å². The normalized spacial score (nSPS) is 10.6. The van der Waals surface area contributed by atoms with Gasteiger partial charge in [0.15, 0.2) is 0 Å². The quantitative estimate of drug-likeness (QED) is 0.821. The summed E-state index contributed by atoms with van der Waals surface area (Å²) in [6.07, 6.45) is 4.65. The summed E-state index contributed by atoms with van der Waals surface area (Å²) in [6, 6.07) is 0. The van der Waals surface area contributed by atoms with Gasteiger partial charge < -0.3 is 10.6 Å². The lowest BCUT2D eigenvalue weighted by Gasteiger charge is -2.10. The van der Waals surface area contributed by atoms with Gasteiger partial charge in [-0.25, -0.2) is 0 Å². The van der Waals surface area contributed by atoms with Crippen LogP contribution in [0.1, 0.15) is 47.0 Å². The second-order valence-corrected chi connectivity index (χ2v) is 5.68. The molecular weight excluding hydrogens is 232 g/mol. The third-order valence-corrected chi connectivity index (χ3v) is 4.08. The number of nitrogens with two attached hydrogens (primary N) is 1. The highest BCUT2D eigenvalue weighted by molar-refractivity contribution is 7.16. The molecule has 2 N–H and O–H groups in total. The second-order valence-electron chi connectivity index (χ2n) is 4.55. The molecule has 17 heavy (non-hydrogen) atoms. The molecule has 3 nitrogen and oxygen atoms in total. The molecule has 0 aliphatic rings. The van der Waals surface area contributed by atoms with Gasteiger partial charge in [0.2, 0.25) is 0 Å². The third kappa shape index (κ3) is 3.22. The Kier molecular flexibility index (Phi) is 5.00. The van der Waals surface area contributed by atoms with Crippen LogP contribution in [0, 0.1) is 6.92 Å². The molecule has 1 aromatic rings. The lowest BCUT2D eigenvalue weighted by atomic mass is 10.1. The first kappa shape index (κ1) is 14.0. The topological polar surface area (TPSA) is 46.3 Å². The molecule has 0 fully saturated rings. The standard InChI is InChI=1S/C13H22N2OS/c1-5-6-7-8-10-9(2)11(12(14)17-10)13(16)15(3)4/h5-8,14H2,1-4H3. The predicted molar refractivity (Wildman–Crippen MR) is 74.7 cm³/mol. The monoisotopic (exact) mass is 254 g/mol. The van der Waals surface area contributed by atoms with Crippen LogP contribution in [0.4, 0.5) is 5.00 Å². The highest BCUT2D eigenvalue weighted by Gasteiger charge is 2.20. The first-order chi connectivity index (χ1) is 7.99. The number of aryl methyl sites for hydroxylation is 1. The van der Waals surface area contributed by atoms with E-state index < -0.39 is 0 Å². The molecule has 4 heteroatoms. The van der Waals surface area contributed by atoms with Crippen molar-refractivity contribution in [3.05, 3.63) is 16.0 Å². The third-order valence-electron chi connectivity index (χ3n) is 2.90. The fourth-order valence-electron chi connectivity index (χ4n) is 1.85. The van der Waals surface area contributed by atoms with E-state index in [4.69, 9.17) is 5.73 Å². The molecule has 0 saturated heterocycles. The summed E-state index contributed by atoms with van der Waals surface area (Å²) in [7, 11) is 3.52. The van der Waals surface area contributed by atoms with Gasteiger partial charge in [-0.15, -0.1) is 11.3 Å². The molecule has 1 aromatic heterocycles. The zero-order valence-electron chi connectivity index (χ0n) is 11.2. The molecule has 0 aliphatic heterocycles. The Bertz CT molecular complexity index is 396. The van der Waals surface area contributed by atoms with Gasteiger partial charge in [0.25, 0.3) is 5.91 Å². The molecule has 0 radical (unpaired) electrons. The molecular formula is C13H22N2OS. The second kappa shape index (κ2) is 6.05. The summed E-state index contributed by atoms with van der Waals surface area (Å²) in [5.74, 6) is 0.0120. The van der Waals surface area contributed by atoms with Crippen LogP contribution in [0.3, 0.4) is 0 Å². The van der Waals surface area contributed by atoms with Crippen molar-refractivity contribution in [2.45, 2.75) is 39.5 Å². The van der Waals surface area contributed by atoms with Crippen molar-refractivity contribution in [1.82, 2.24) is 4.90 Å². The van der Waals surface area contributed by atoms with Crippen molar-refractivity contribution < 1.29 is 4.79 Å². The van der Waals surface area contributed by atoms with Gasteiger partial charge in [-0.3, -0.25) is 4.79 Å². The molecule has 0 aliphatic carbocycles. The number of hydrogen-bond acceptors (Lipinski definition) is 3. The number of carbonyl (C=O) groups excluding carboxylic acids is 1. The maximum absolute atomic E-state index is 12.0. The van der Waals surface area contributed by atoms with E-state index in [0.29, 0.717) is 10.6 Å². The molecule has 96 valence electrons. The summed E-state index contributed by atoms with van der Waals surface area (Å²) in [4.78, 5) is 14.8. The summed E-state index contributed by atoms with van der Waals surface area (Å²) < 4.78 is 0. The van der Waals surface area contributed by atoms with Crippen LogP contribution in [0.5, 0.6) is 0 Å². The van der Waals surface area contributed by atoms with Crippen LogP contribution < -0.4 is 5.73 Å². The first-order valence-corrected chi connectivity index (χ1v) is 6.90. The predicted octanol–water partition coefficient (Wildman–Crippen LogP) is 3.07. The maximum Gasteiger partial charge on any atom is 0.256 e. The number of anilines is 1. The number of rotatable bonds is 5. The Morgan fingerprint density at radius 3 is 2.53 bits per heavy atom. The smallest absolute Gasteiger partial charge is 0.256 e. The van der Waals surface area contributed by atoms with E-state index in [-0.39, 0.29) is 5.91 Å². The molecule has 1 rings (SSSR count). The largest absolute Gasteiger partial charge is 0.390 e. The summed E-state index contributed by atoms with van der Waals surface area (Å²) >= 11 is 1.57. The molecule has 0 atom stereocenters.